The van der Waals surface area contributed by atoms with Crippen molar-refractivity contribution < 1.29 is 9.21 Å². The molecule has 0 radical (unpaired) electrons. The zero-order chi connectivity index (χ0) is 13.6. The van der Waals surface area contributed by atoms with Gasteiger partial charge in [0.15, 0.2) is 5.76 Å². The molecule has 2 aromatic rings. The topological polar surface area (TPSA) is 56.2 Å². The van der Waals surface area contributed by atoms with E-state index in [9.17, 15) is 4.79 Å². The predicted molar refractivity (Wildman–Crippen MR) is 75.2 cm³/mol. The predicted octanol–water partition coefficient (Wildman–Crippen LogP) is 3.44. The lowest BCUT2D eigenvalue weighted by Gasteiger charge is -2.25. The second-order valence-corrected chi connectivity index (χ2v) is 5.85. The maximum absolute atomic E-state index is 12.7. The van der Waals surface area contributed by atoms with Gasteiger partial charge in [-0.25, -0.2) is 0 Å². The maximum Gasteiger partial charge on any atom is 0.205 e. The number of ketones is 1. The van der Waals surface area contributed by atoms with Gasteiger partial charge in [0.2, 0.25) is 5.78 Å². The second-order valence-electron chi connectivity index (χ2n) is 5.85. The van der Waals surface area contributed by atoms with Gasteiger partial charge in [0, 0.05) is 16.8 Å². The summed E-state index contributed by atoms with van der Waals surface area (Å²) in [6.45, 7) is 3.95. The van der Waals surface area contributed by atoms with Crippen LogP contribution >= 0.6 is 0 Å². The summed E-state index contributed by atoms with van der Waals surface area (Å²) < 4.78 is 5.78. The van der Waals surface area contributed by atoms with Crippen LogP contribution in [-0.2, 0) is 0 Å². The molecule has 0 saturated heterocycles. The first-order valence-electron chi connectivity index (χ1n) is 6.82. The van der Waals surface area contributed by atoms with E-state index in [1.165, 1.54) is 0 Å². The molecule has 19 heavy (non-hydrogen) atoms. The molecule has 3 rings (SSSR count). The number of Topliss-reactive ketones (excluding diaryl/α,β-unsaturated/α-hetero) is 1. The van der Waals surface area contributed by atoms with Gasteiger partial charge in [-0.05, 0) is 31.4 Å². The molecule has 0 aliphatic heterocycles. The minimum atomic E-state index is -0.470. The average Bonchev–Trinajstić information content (AvgIpc) is 2.95. The highest BCUT2D eigenvalue weighted by Gasteiger charge is 2.44. The molecule has 0 bridgehead atoms. The van der Waals surface area contributed by atoms with Crippen LogP contribution in [0.5, 0.6) is 0 Å². The molecule has 1 aliphatic carbocycles. The summed E-state index contributed by atoms with van der Waals surface area (Å²) in [5, 5.41) is 0.985. The van der Waals surface area contributed by atoms with Crippen molar-refractivity contribution >= 4 is 16.8 Å². The van der Waals surface area contributed by atoms with E-state index in [4.69, 9.17) is 10.2 Å². The molecule has 0 amide bonds. The van der Waals surface area contributed by atoms with E-state index in [1.807, 2.05) is 38.1 Å². The molecule has 1 aromatic heterocycles. The fourth-order valence-electron chi connectivity index (χ4n) is 3.08. The summed E-state index contributed by atoms with van der Waals surface area (Å²) in [7, 11) is 0. The number of fused-ring (bicyclic) bond motifs is 1. The smallest absolute Gasteiger partial charge is 0.205 e. The van der Waals surface area contributed by atoms with Crippen LogP contribution in [0.15, 0.2) is 28.7 Å². The minimum absolute atomic E-state index is 0.0492. The lowest BCUT2D eigenvalue weighted by molar-refractivity contribution is 0.0774. The van der Waals surface area contributed by atoms with Crippen LogP contribution in [-0.4, -0.2) is 11.8 Å². The van der Waals surface area contributed by atoms with Gasteiger partial charge in [-0.2, -0.15) is 0 Å². The number of carbonyl (C=O) groups is 1. The van der Waals surface area contributed by atoms with E-state index < -0.39 is 5.41 Å². The molecular weight excluding hydrogens is 238 g/mol. The molecule has 1 aliphatic rings. The third-order valence-electron chi connectivity index (χ3n) is 4.51. The second kappa shape index (κ2) is 4.20. The molecule has 3 nitrogen and oxygen atoms in total. The van der Waals surface area contributed by atoms with Gasteiger partial charge < -0.3 is 10.2 Å². The Hall–Kier alpha value is -1.61. The van der Waals surface area contributed by atoms with Crippen molar-refractivity contribution in [2.45, 2.75) is 39.2 Å². The number of rotatable bonds is 2. The number of hydrogen-bond acceptors (Lipinski definition) is 3. The number of furan rings is 1. The van der Waals surface area contributed by atoms with Crippen LogP contribution in [0.1, 0.15) is 42.3 Å². The molecule has 3 heteroatoms. The van der Waals surface area contributed by atoms with Crippen molar-refractivity contribution in [3.05, 3.63) is 35.6 Å². The van der Waals surface area contributed by atoms with Crippen LogP contribution in [0.25, 0.3) is 11.0 Å². The third kappa shape index (κ3) is 1.80. The molecule has 1 heterocycles. The highest BCUT2D eigenvalue weighted by atomic mass is 16.3. The zero-order valence-electron chi connectivity index (χ0n) is 11.4. The number of para-hydroxylation sites is 1. The van der Waals surface area contributed by atoms with Crippen molar-refractivity contribution in [2.24, 2.45) is 11.1 Å². The number of carbonyl (C=O) groups excluding carboxylic acids is 1. The van der Waals surface area contributed by atoms with Crippen LogP contribution in [0, 0.1) is 12.3 Å². The molecule has 2 atom stereocenters. The fraction of sp³-hybridized carbons (Fsp3) is 0.438. The van der Waals surface area contributed by atoms with Crippen molar-refractivity contribution in [1.82, 2.24) is 0 Å². The summed E-state index contributed by atoms with van der Waals surface area (Å²) in [5.74, 6) is 0.497. The highest BCUT2D eigenvalue weighted by Crippen LogP contribution is 2.40. The lowest BCUT2D eigenvalue weighted by atomic mass is 9.80. The van der Waals surface area contributed by atoms with Gasteiger partial charge in [-0.1, -0.05) is 31.5 Å². The zero-order valence-corrected chi connectivity index (χ0v) is 11.4. The molecule has 100 valence electrons. The molecule has 0 spiro atoms. The summed E-state index contributed by atoms with van der Waals surface area (Å²) in [6.07, 6.45) is 2.78. The van der Waals surface area contributed by atoms with Gasteiger partial charge in [0.25, 0.3) is 0 Å². The number of benzene rings is 1. The van der Waals surface area contributed by atoms with E-state index in [2.05, 4.69) is 0 Å². The monoisotopic (exact) mass is 257 g/mol. The number of nitrogens with two attached hydrogens (primary N) is 1. The third-order valence-corrected chi connectivity index (χ3v) is 4.51. The highest BCUT2D eigenvalue weighted by molar-refractivity contribution is 6.02. The van der Waals surface area contributed by atoms with Crippen LogP contribution in [0.2, 0.25) is 0 Å². The Labute approximate surface area is 112 Å². The summed E-state index contributed by atoms with van der Waals surface area (Å²) >= 11 is 0. The molecule has 1 aromatic carbocycles. The van der Waals surface area contributed by atoms with E-state index in [0.717, 1.165) is 35.8 Å². The SMILES string of the molecule is Cc1cccc2cc(C(=O)C3(C)CCCC3N)oc12. The van der Waals surface area contributed by atoms with Crippen molar-refractivity contribution in [1.29, 1.82) is 0 Å². The Morgan fingerprint density at radius 2 is 2.26 bits per heavy atom. The maximum atomic E-state index is 12.7. The molecule has 1 fully saturated rings. The van der Waals surface area contributed by atoms with Crippen LogP contribution < -0.4 is 5.73 Å². The van der Waals surface area contributed by atoms with Crippen LogP contribution in [0.4, 0.5) is 0 Å². The van der Waals surface area contributed by atoms with E-state index >= 15 is 0 Å². The quantitative estimate of drug-likeness (QED) is 0.838. The Balaban J connectivity index is 2.05. The van der Waals surface area contributed by atoms with Crippen molar-refractivity contribution in [2.75, 3.05) is 0 Å². The first-order chi connectivity index (χ1) is 9.02. The van der Waals surface area contributed by atoms with Gasteiger partial charge in [0.1, 0.15) is 5.58 Å². The Morgan fingerprint density at radius 1 is 1.47 bits per heavy atom. The minimum Gasteiger partial charge on any atom is -0.453 e. The molecular formula is C16H19NO2. The Morgan fingerprint density at radius 3 is 2.89 bits per heavy atom. The van der Waals surface area contributed by atoms with Gasteiger partial charge >= 0.3 is 0 Å². The first kappa shape index (κ1) is 12.4. The first-order valence-corrected chi connectivity index (χ1v) is 6.82. The summed E-state index contributed by atoms with van der Waals surface area (Å²) in [5.41, 5.74) is 7.50. The Kier molecular flexibility index (Phi) is 2.75. The van der Waals surface area contributed by atoms with Gasteiger partial charge in [0.05, 0.1) is 0 Å². The van der Waals surface area contributed by atoms with E-state index in [0.29, 0.717) is 5.76 Å². The van der Waals surface area contributed by atoms with Gasteiger partial charge in [-0.15, -0.1) is 0 Å². The average molecular weight is 257 g/mol. The summed E-state index contributed by atoms with van der Waals surface area (Å²) in [4.78, 5) is 12.7. The lowest BCUT2D eigenvalue weighted by Crippen LogP contribution is -2.41. The number of aryl methyl sites for hydroxylation is 1. The normalized spacial score (nSPS) is 27.0. The van der Waals surface area contributed by atoms with E-state index in [1.54, 1.807) is 0 Å². The molecule has 2 N–H and O–H groups in total. The van der Waals surface area contributed by atoms with Crippen molar-refractivity contribution in [3.63, 3.8) is 0 Å². The Bertz CT molecular complexity index is 643. The van der Waals surface area contributed by atoms with E-state index in [-0.39, 0.29) is 11.8 Å². The van der Waals surface area contributed by atoms with Gasteiger partial charge in [-0.3, -0.25) is 4.79 Å². The van der Waals surface area contributed by atoms with Crippen LogP contribution in [0.3, 0.4) is 0 Å². The standard InChI is InChI=1S/C16H19NO2/c1-10-5-3-6-11-9-12(19-14(10)11)15(18)16(2)8-4-7-13(16)17/h3,5-6,9,13H,4,7-8,17H2,1-2H3. The molecule has 1 saturated carbocycles. The largest absolute Gasteiger partial charge is 0.453 e. The molecule has 2 unspecified atom stereocenters. The number of hydrogen-bond donors (Lipinski definition) is 1. The summed E-state index contributed by atoms with van der Waals surface area (Å²) in [6, 6.07) is 7.72. The fourth-order valence-corrected chi connectivity index (χ4v) is 3.08. The van der Waals surface area contributed by atoms with Crippen molar-refractivity contribution in [3.8, 4) is 0 Å².